The second-order valence-electron chi connectivity index (χ2n) is 13.7. The largest absolute Gasteiger partial charge is 0.444 e. The van der Waals surface area contributed by atoms with Crippen molar-refractivity contribution in [2.75, 3.05) is 32.7 Å². The summed E-state index contributed by atoms with van der Waals surface area (Å²) in [6.45, 7) is 9.87. The van der Waals surface area contributed by atoms with Crippen molar-refractivity contribution in [2.24, 2.45) is 0 Å². The topological polar surface area (TPSA) is 108 Å². The fourth-order valence-corrected chi connectivity index (χ4v) is 6.91. The van der Waals surface area contributed by atoms with Crippen LogP contribution in [-0.4, -0.2) is 73.3 Å². The number of carbonyl (C=O) groups excluding carboxylic acids is 1. The predicted octanol–water partition coefficient (Wildman–Crippen LogP) is 6.56. The molecule has 1 amide bonds. The van der Waals surface area contributed by atoms with Gasteiger partial charge in [-0.2, -0.15) is 0 Å². The SMILES string of the molecule is CC(C)(C)OC(=O)N1CCC[C@@H](n2c(=O)[nH]c3ccccc32)C1.O=c1[nH]c2ccccc2n1[C@@H]1CCCN(CCc2ccccc2)C1.[CH3-].[Pd]. The molecule has 10 nitrogen and oxygen atoms in total. The predicted molar refractivity (Wildman–Crippen MR) is 192 cm³/mol. The van der Waals surface area contributed by atoms with Crippen molar-refractivity contribution < 1.29 is 30.0 Å². The number of carbonyl (C=O) groups is 1. The van der Waals surface area contributed by atoms with Gasteiger partial charge in [0.25, 0.3) is 0 Å². The van der Waals surface area contributed by atoms with Crippen LogP contribution in [0.15, 0.2) is 88.5 Å². The van der Waals surface area contributed by atoms with Crippen LogP contribution in [0.4, 0.5) is 4.79 Å². The van der Waals surface area contributed by atoms with Gasteiger partial charge in [-0.05, 0) is 89.2 Å². The van der Waals surface area contributed by atoms with Crippen LogP contribution in [0.5, 0.6) is 0 Å². The van der Waals surface area contributed by atoms with Crippen molar-refractivity contribution >= 4 is 28.2 Å². The number of amides is 1. The Morgan fingerprint density at radius 3 is 1.84 bits per heavy atom. The third kappa shape index (κ3) is 9.21. The van der Waals surface area contributed by atoms with Crippen LogP contribution < -0.4 is 11.4 Å². The molecule has 0 saturated carbocycles. The van der Waals surface area contributed by atoms with E-state index in [9.17, 15) is 14.4 Å². The van der Waals surface area contributed by atoms with Crippen LogP contribution >= 0.6 is 0 Å². The summed E-state index contributed by atoms with van der Waals surface area (Å²) in [6.07, 6.45) is 4.71. The molecule has 4 heterocycles. The zero-order valence-corrected chi connectivity index (χ0v) is 30.5. The summed E-state index contributed by atoms with van der Waals surface area (Å²) in [5, 5.41) is 0. The summed E-state index contributed by atoms with van der Waals surface area (Å²) in [4.78, 5) is 47.1. The number of ether oxygens (including phenoxy) is 1. The number of nitrogens with zero attached hydrogens (tertiary/aromatic N) is 4. The maximum absolute atomic E-state index is 12.4. The van der Waals surface area contributed by atoms with Gasteiger partial charge in [-0.3, -0.25) is 9.13 Å². The molecule has 7 rings (SSSR count). The van der Waals surface area contributed by atoms with E-state index in [4.69, 9.17) is 4.74 Å². The molecule has 2 atom stereocenters. The van der Waals surface area contributed by atoms with Crippen molar-refractivity contribution in [3.63, 3.8) is 0 Å². The van der Waals surface area contributed by atoms with Gasteiger partial charge in [0.05, 0.1) is 34.2 Å². The molecule has 2 saturated heterocycles. The monoisotopic (exact) mass is 759 g/mol. The standard InChI is InChI=1S/C20H23N3O.C17H23N3O3.CH3.Pd/c24-20-21-18-10-4-5-11-19(18)23(20)17-9-6-13-22(15-17)14-12-16-7-2-1-3-8-16;1-17(2,3)23-16(22)19-10-6-7-12(11-19)20-14-9-5-4-8-13(14)18-15(20)21;;/h1-5,7-8,10-11,17H,6,9,12-15H2,(H,21,24);4-5,8-9,12H,6-7,10-11H2,1-3H3,(H,18,21);1H3;/q;;-1;/t17-;12-;;/m11../s1. The Hall–Kier alpha value is -3.91. The van der Waals surface area contributed by atoms with Crippen LogP contribution in [0.1, 0.15) is 64.1 Å². The first-order valence-electron chi connectivity index (χ1n) is 16.8. The first kappa shape index (κ1) is 37.9. The molecule has 5 aromatic rings. The number of rotatable bonds is 5. The van der Waals surface area contributed by atoms with E-state index in [1.807, 2.05) is 73.9 Å². The van der Waals surface area contributed by atoms with E-state index in [0.29, 0.717) is 13.1 Å². The molecular weight excluding hydrogens is 711 g/mol. The number of benzene rings is 3. The van der Waals surface area contributed by atoms with Crippen molar-refractivity contribution in [1.29, 1.82) is 0 Å². The van der Waals surface area contributed by atoms with Gasteiger partial charge in [-0.1, -0.05) is 54.6 Å². The normalized spacial score (nSPS) is 18.2. The molecule has 0 aliphatic carbocycles. The van der Waals surface area contributed by atoms with Crippen LogP contribution in [0, 0.1) is 7.43 Å². The average molecular weight is 760 g/mol. The van der Waals surface area contributed by atoms with E-state index < -0.39 is 5.60 Å². The van der Waals surface area contributed by atoms with Crippen molar-refractivity contribution in [3.8, 4) is 0 Å². The molecule has 0 bridgehead atoms. The average Bonchev–Trinajstić information content (AvgIpc) is 3.59. The summed E-state index contributed by atoms with van der Waals surface area (Å²) >= 11 is 0. The van der Waals surface area contributed by atoms with Crippen molar-refractivity contribution in [2.45, 2.75) is 70.6 Å². The third-order valence-electron chi connectivity index (χ3n) is 9.07. The zero-order valence-electron chi connectivity index (χ0n) is 29.0. The molecule has 2 fully saturated rings. The van der Waals surface area contributed by atoms with Gasteiger partial charge in [0, 0.05) is 46.6 Å². The van der Waals surface area contributed by atoms with Gasteiger partial charge < -0.3 is 31.9 Å². The number of likely N-dealkylation sites (tertiary alicyclic amines) is 2. The Balaban J connectivity index is 0.000000212. The fraction of sp³-hybridized carbons (Fsp3) is 0.421. The molecule has 0 spiro atoms. The Morgan fingerprint density at radius 1 is 0.755 bits per heavy atom. The summed E-state index contributed by atoms with van der Waals surface area (Å²) in [5.74, 6) is 0. The second-order valence-corrected chi connectivity index (χ2v) is 13.7. The molecule has 2 aliphatic heterocycles. The number of H-pyrrole nitrogens is 2. The number of nitrogens with one attached hydrogen (secondary N) is 2. The van der Waals surface area contributed by atoms with Gasteiger partial charge in [-0.15, -0.1) is 0 Å². The van der Waals surface area contributed by atoms with E-state index in [-0.39, 0.29) is 57.4 Å². The first-order chi connectivity index (χ1) is 22.7. The molecule has 266 valence electrons. The number of aromatic amines is 2. The molecule has 3 aromatic carbocycles. The van der Waals surface area contributed by atoms with E-state index in [0.717, 1.165) is 73.8 Å². The minimum absolute atomic E-state index is 0. The second kappa shape index (κ2) is 16.7. The van der Waals surface area contributed by atoms with Gasteiger partial charge >= 0.3 is 17.5 Å². The Labute approximate surface area is 302 Å². The Bertz CT molecular complexity index is 1920. The maximum Gasteiger partial charge on any atom is 0.410 e. The molecule has 2 N–H and O–H groups in total. The van der Waals surface area contributed by atoms with Crippen molar-refractivity contribution in [3.05, 3.63) is 113 Å². The molecule has 2 aromatic heterocycles. The minimum Gasteiger partial charge on any atom is -0.444 e. The molecule has 0 unspecified atom stereocenters. The number of para-hydroxylation sites is 4. The summed E-state index contributed by atoms with van der Waals surface area (Å²) < 4.78 is 9.18. The van der Waals surface area contributed by atoms with E-state index in [1.165, 1.54) is 5.56 Å². The Morgan fingerprint density at radius 2 is 1.27 bits per heavy atom. The molecular formula is C38H49N6O4Pd-. The quantitative estimate of drug-likeness (QED) is 0.156. The molecule has 11 heteroatoms. The smallest absolute Gasteiger partial charge is 0.410 e. The van der Waals surface area contributed by atoms with Gasteiger partial charge in [-0.25, -0.2) is 14.4 Å². The number of aromatic nitrogens is 4. The number of hydrogen-bond acceptors (Lipinski definition) is 5. The maximum atomic E-state index is 12.4. The van der Waals surface area contributed by atoms with Crippen molar-refractivity contribution in [1.82, 2.24) is 28.9 Å². The van der Waals surface area contributed by atoms with E-state index >= 15 is 0 Å². The van der Waals surface area contributed by atoms with E-state index in [1.54, 1.807) is 9.47 Å². The molecule has 2 aliphatic rings. The molecule has 0 radical (unpaired) electrons. The Kier molecular flexibility index (Phi) is 12.9. The zero-order chi connectivity index (χ0) is 33.0. The van der Waals surface area contributed by atoms with Gasteiger partial charge in [0.1, 0.15) is 5.60 Å². The number of hydrogen-bond donors (Lipinski definition) is 2. The minimum atomic E-state index is -0.512. The number of piperidine rings is 2. The van der Waals surface area contributed by atoms with Crippen LogP contribution in [0.2, 0.25) is 0 Å². The summed E-state index contributed by atoms with van der Waals surface area (Å²) in [7, 11) is 0. The summed E-state index contributed by atoms with van der Waals surface area (Å²) in [5.41, 5.74) is 4.43. The fourth-order valence-electron chi connectivity index (χ4n) is 6.91. The summed E-state index contributed by atoms with van der Waals surface area (Å²) in [6, 6.07) is 26.5. The van der Waals surface area contributed by atoms with Crippen LogP contribution in [0.25, 0.3) is 22.1 Å². The van der Waals surface area contributed by atoms with Crippen LogP contribution in [-0.2, 0) is 31.6 Å². The number of imidazole rings is 2. The van der Waals surface area contributed by atoms with Crippen LogP contribution in [0.3, 0.4) is 0 Å². The number of fused-ring (bicyclic) bond motifs is 2. The van der Waals surface area contributed by atoms with E-state index in [2.05, 4.69) is 45.2 Å². The van der Waals surface area contributed by atoms with Gasteiger partial charge in [0.15, 0.2) is 0 Å². The molecule has 49 heavy (non-hydrogen) atoms. The van der Waals surface area contributed by atoms with Gasteiger partial charge in [0.2, 0.25) is 0 Å². The first-order valence-corrected chi connectivity index (χ1v) is 16.8. The third-order valence-corrected chi connectivity index (χ3v) is 9.07.